The van der Waals surface area contributed by atoms with E-state index in [2.05, 4.69) is 17.2 Å². The number of carbonyl (C=O) groups is 1. The average molecular weight is 305 g/mol. The van der Waals surface area contributed by atoms with Crippen molar-refractivity contribution in [3.63, 3.8) is 0 Å². The lowest BCUT2D eigenvalue weighted by Crippen LogP contribution is -2.17. The number of halogens is 4. The molecular weight excluding hydrogens is 293 g/mol. The summed E-state index contributed by atoms with van der Waals surface area (Å²) in [4.78, 5) is 11.5. The summed E-state index contributed by atoms with van der Waals surface area (Å²) >= 11 is 5.79. The summed E-state index contributed by atoms with van der Waals surface area (Å²) in [5.41, 5.74) is 5.96. The molecule has 20 heavy (non-hydrogen) atoms. The lowest BCUT2D eigenvalue weighted by molar-refractivity contribution is -0.142. The highest BCUT2D eigenvalue weighted by Crippen LogP contribution is 2.23. The molecule has 0 aliphatic carbocycles. The van der Waals surface area contributed by atoms with Crippen LogP contribution in [0.2, 0.25) is 5.02 Å². The Labute approximate surface area is 119 Å². The number of alkyl halides is 3. The van der Waals surface area contributed by atoms with Crippen LogP contribution in [0.15, 0.2) is 18.2 Å². The van der Waals surface area contributed by atoms with E-state index < -0.39 is 24.9 Å². The summed E-state index contributed by atoms with van der Waals surface area (Å²) in [5.74, 6) is 4.55. The molecule has 1 aromatic carbocycles. The minimum atomic E-state index is -4.36. The summed E-state index contributed by atoms with van der Waals surface area (Å²) in [5, 5.41) is 2.78. The minimum absolute atomic E-state index is 0.119. The second-order valence-electron chi connectivity index (χ2n) is 3.86. The van der Waals surface area contributed by atoms with Gasteiger partial charge in [-0.05, 0) is 18.2 Å². The normalized spacial score (nSPS) is 10.7. The molecule has 0 fully saturated rings. The number of hydrogen-bond acceptors (Lipinski definition) is 2. The van der Waals surface area contributed by atoms with E-state index in [0.717, 1.165) is 0 Å². The van der Waals surface area contributed by atoms with Crippen LogP contribution < -0.4 is 11.1 Å². The van der Waals surface area contributed by atoms with Crippen molar-refractivity contribution in [3.05, 3.63) is 28.8 Å². The standard InChI is InChI=1S/C13H12ClF3N2O/c14-10-3-4-11(9(8-10)2-1-7-18)19-12(20)5-6-13(15,16)17/h3-4,8H,5-7,18H2,(H,19,20). The predicted octanol–water partition coefficient (Wildman–Crippen LogP) is 2.93. The molecule has 1 aromatic rings. The first-order valence-electron chi connectivity index (χ1n) is 5.67. The Hall–Kier alpha value is -1.71. The van der Waals surface area contributed by atoms with Gasteiger partial charge in [-0.15, -0.1) is 0 Å². The molecule has 0 atom stereocenters. The molecule has 0 saturated carbocycles. The largest absolute Gasteiger partial charge is 0.389 e. The van der Waals surface area contributed by atoms with Crippen LogP contribution in [0.25, 0.3) is 0 Å². The van der Waals surface area contributed by atoms with Crippen LogP contribution in [-0.2, 0) is 4.79 Å². The van der Waals surface area contributed by atoms with Crippen molar-refractivity contribution >= 4 is 23.2 Å². The van der Waals surface area contributed by atoms with Crippen LogP contribution in [0.1, 0.15) is 18.4 Å². The Balaban J connectivity index is 2.79. The summed E-state index contributed by atoms with van der Waals surface area (Å²) in [7, 11) is 0. The lowest BCUT2D eigenvalue weighted by atomic mass is 10.1. The van der Waals surface area contributed by atoms with Crippen molar-refractivity contribution in [1.29, 1.82) is 0 Å². The van der Waals surface area contributed by atoms with Crippen LogP contribution in [0.4, 0.5) is 18.9 Å². The zero-order valence-electron chi connectivity index (χ0n) is 10.4. The molecule has 0 heterocycles. The molecule has 0 unspecified atom stereocenters. The maximum Gasteiger partial charge on any atom is 0.389 e. The highest BCUT2D eigenvalue weighted by Gasteiger charge is 2.27. The second kappa shape index (κ2) is 7.17. The SMILES string of the molecule is NCC#Cc1cc(Cl)ccc1NC(=O)CCC(F)(F)F. The average Bonchev–Trinajstić information content (AvgIpc) is 2.36. The maximum atomic E-state index is 12.0. The summed E-state index contributed by atoms with van der Waals surface area (Å²) < 4.78 is 36.1. The molecule has 0 saturated heterocycles. The van der Waals surface area contributed by atoms with E-state index in [-0.39, 0.29) is 6.54 Å². The summed E-state index contributed by atoms with van der Waals surface area (Å²) in [6, 6.07) is 4.49. The topological polar surface area (TPSA) is 55.1 Å². The van der Waals surface area contributed by atoms with Crippen molar-refractivity contribution < 1.29 is 18.0 Å². The van der Waals surface area contributed by atoms with Crippen LogP contribution in [0.3, 0.4) is 0 Å². The van der Waals surface area contributed by atoms with Gasteiger partial charge in [-0.3, -0.25) is 4.79 Å². The molecule has 0 bridgehead atoms. The summed E-state index contributed by atoms with van der Waals surface area (Å²) in [6.07, 6.45) is -6.17. The molecule has 108 valence electrons. The molecule has 7 heteroatoms. The van der Waals surface area contributed by atoms with Crippen molar-refractivity contribution in [3.8, 4) is 11.8 Å². The predicted molar refractivity (Wildman–Crippen MR) is 71.3 cm³/mol. The Morgan fingerprint density at radius 2 is 2.10 bits per heavy atom. The van der Waals surface area contributed by atoms with Crippen molar-refractivity contribution in [2.75, 3.05) is 11.9 Å². The third-order valence-corrected chi connectivity index (χ3v) is 2.45. The van der Waals surface area contributed by atoms with Gasteiger partial charge in [0.2, 0.25) is 5.91 Å². The number of amides is 1. The highest BCUT2D eigenvalue weighted by atomic mass is 35.5. The van der Waals surface area contributed by atoms with Gasteiger partial charge in [0.15, 0.2) is 0 Å². The number of carbonyl (C=O) groups excluding carboxylic acids is 1. The molecule has 0 aromatic heterocycles. The Morgan fingerprint density at radius 3 is 2.70 bits per heavy atom. The van der Waals surface area contributed by atoms with E-state index >= 15 is 0 Å². The number of anilines is 1. The van der Waals surface area contributed by atoms with Gasteiger partial charge < -0.3 is 11.1 Å². The van der Waals surface area contributed by atoms with Crippen LogP contribution in [0, 0.1) is 11.8 Å². The first-order valence-corrected chi connectivity index (χ1v) is 6.04. The molecule has 0 aliphatic rings. The van der Waals surface area contributed by atoms with Gasteiger partial charge in [-0.25, -0.2) is 0 Å². The summed E-state index contributed by atoms with van der Waals surface area (Å²) in [6.45, 7) is 0.119. The number of benzene rings is 1. The van der Waals surface area contributed by atoms with E-state index in [1.165, 1.54) is 18.2 Å². The smallest absolute Gasteiger partial charge is 0.325 e. The first kappa shape index (κ1) is 16.3. The lowest BCUT2D eigenvalue weighted by Gasteiger charge is -2.09. The second-order valence-corrected chi connectivity index (χ2v) is 4.30. The van der Waals surface area contributed by atoms with E-state index in [1.807, 2.05) is 0 Å². The van der Waals surface area contributed by atoms with E-state index in [4.69, 9.17) is 17.3 Å². The van der Waals surface area contributed by atoms with Crippen molar-refractivity contribution in [2.24, 2.45) is 5.73 Å². The third kappa shape index (κ3) is 5.95. The fourth-order valence-electron chi connectivity index (χ4n) is 1.34. The van der Waals surface area contributed by atoms with Gasteiger partial charge in [-0.1, -0.05) is 23.4 Å². The number of hydrogen-bond donors (Lipinski definition) is 2. The molecule has 0 spiro atoms. The fraction of sp³-hybridized carbons (Fsp3) is 0.308. The van der Waals surface area contributed by atoms with E-state index in [9.17, 15) is 18.0 Å². The zero-order valence-corrected chi connectivity index (χ0v) is 11.1. The third-order valence-electron chi connectivity index (χ3n) is 2.22. The van der Waals surface area contributed by atoms with Crippen LogP contribution in [-0.4, -0.2) is 18.6 Å². The van der Waals surface area contributed by atoms with E-state index in [1.54, 1.807) is 0 Å². The molecule has 3 nitrogen and oxygen atoms in total. The number of nitrogens with two attached hydrogens (primary N) is 1. The van der Waals surface area contributed by atoms with Crippen LogP contribution >= 0.6 is 11.6 Å². The van der Waals surface area contributed by atoms with Gasteiger partial charge in [0.05, 0.1) is 18.7 Å². The van der Waals surface area contributed by atoms with Gasteiger partial charge >= 0.3 is 6.18 Å². The van der Waals surface area contributed by atoms with Crippen molar-refractivity contribution in [2.45, 2.75) is 19.0 Å². The Morgan fingerprint density at radius 1 is 1.40 bits per heavy atom. The maximum absolute atomic E-state index is 12.0. The molecular formula is C13H12ClF3N2O. The molecule has 1 rings (SSSR count). The monoisotopic (exact) mass is 304 g/mol. The van der Waals surface area contributed by atoms with Crippen molar-refractivity contribution in [1.82, 2.24) is 0 Å². The fourth-order valence-corrected chi connectivity index (χ4v) is 1.52. The first-order chi connectivity index (χ1) is 9.31. The molecule has 0 radical (unpaired) electrons. The molecule has 1 amide bonds. The minimum Gasteiger partial charge on any atom is -0.325 e. The Bertz CT molecular complexity index is 547. The van der Waals surface area contributed by atoms with Gasteiger partial charge in [-0.2, -0.15) is 13.2 Å². The van der Waals surface area contributed by atoms with Gasteiger partial charge in [0.25, 0.3) is 0 Å². The van der Waals surface area contributed by atoms with Crippen LogP contribution in [0.5, 0.6) is 0 Å². The Kier molecular flexibility index (Phi) is 5.86. The van der Waals surface area contributed by atoms with E-state index in [0.29, 0.717) is 16.3 Å². The molecule has 0 aliphatic heterocycles. The highest BCUT2D eigenvalue weighted by molar-refractivity contribution is 6.30. The quantitative estimate of drug-likeness (QED) is 0.844. The van der Waals surface area contributed by atoms with Gasteiger partial charge in [0, 0.05) is 17.0 Å². The number of nitrogens with one attached hydrogen (secondary N) is 1. The molecule has 3 N–H and O–H groups in total. The zero-order chi connectivity index (χ0) is 15.2. The number of rotatable bonds is 3. The van der Waals surface area contributed by atoms with Gasteiger partial charge in [0.1, 0.15) is 0 Å².